The molecule has 1 aromatic heterocycles. The number of halogens is 1. The number of anilines is 2. The van der Waals surface area contributed by atoms with Gasteiger partial charge in [0.25, 0.3) is 15.9 Å². The van der Waals surface area contributed by atoms with E-state index in [1.165, 1.54) is 34.8 Å². The molecule has 0 spiro atoms. The van der Waals surface area contributed by atoms with E-state index in [2.05, 4.69) is 4.98 Å². The summed E-state index contributed by atoms with van der Waals surface area (Å²) in [5, 5.41) is 1.15. The molecule has 3 aromatic carbocycles. The van der Waals surface area contributed by atoms with Gasteiger partial charge in [-0.1, -0.05) is 41.1 Å². The fourth-order valence-corrected chi connectivity index (χ4v) is 6.55. The van der Waals surface area contributed by atoms with Gasteiger partial charge in [0.2, 0.25) is 0 Å². The molecule has 5 rings (SSSR count). The molecule has 10 heteroatoms. The first-order valence-electron chi connectivity index (χ1n) is 11.5. The molecule has 4 aromatic rings. The highest BCUT2D eigenvalue weighted by Gasteiger charge is 2.28. The van der Waals surface area contributed by atoms with Gasteiger partial charge >= 0.3 is 0 Å². The molecule has 0 bridgehead atoms. The molecule has 7 nitrogen and oxygen atoms in total. The number of aromatic nitrogens is 1. The number of ether oxygens (including phenoxy) is 1. The lowest BCUT2D eigenvalue weighted by Gasteiger charge is -2.23. The van der Waals surface area contributed by atoms with Crippen LogP contribution >= 0.6 is 22.9 Å². The molecule has 2 heterocycles. The lowest BCUT2D eigenvalue weighted by atomic mass is 10.2. The fourth-order valence-electron chi connectivity index (χ4n) is 4.10. The third kappa shape index (κ3) is 4.97. The average Bonchev–Trinajstić information content (AvgIpc) is 3.56. The van der Waals surface area contributed by atoms with Crippen molar-refractivity contribution in [3.63, 3.8) is 0 Å². The van der Waals surface area contributed by atoms with Crippen molar-refractivity contribution >= 4 is 59.9 Å². The fraction of sp³-hybridized carbons (Fsp3) is 0.231. The lowest BCUT2D eigenvalue weighted by Crippen LogP contribution is -2.37. The molecule has 0 aliphatic carbocycles. The minimum Gasteiger partial charge on any atom is -0.376 e. The quantitative estimate of drug-likeness (QED) is 0.304. The summed E-state index contributed by atoms with van der Waals surface area (Å²) in [5.41, 5.74) is 1.68. The zero-order chi connectivity index (χ0) is 25.3. The Hall–Kier alpha value is -2.98. The van der Waals surface area contributed by atoms with Crippen molar-refractivity contribution in [3.8, 4) is 0 Å². The third-order valence-electron chi connectivity index (χ3n) is 6.10. The smallest absolute Gasteiger partial charge is 0.264 e. The molecule has 1 amide bonds. The van der Waals surface area contributed by atoms with E-state index in [1.807, 2.05) is 18.2 Å². The van der Waals surface area contributed by atoms with Crippen LogP contribution < -0.4 is 9.21 Å². The van der Waals surface area contributed by atoms with Crippen molar-refractivity contribution in [2.24, 2.45) is 0 Å². The summed E-state index contributed by atoms with van der Waals surface area (Å²) in [6.07, 6.45) is 1.73. The predicted octanol–water partition coefficient (Wildman–Crippen LogP) is 5.60. The van der Waals surface area contributed by atoms with Crippen LogP contribution in [0.5, 0.6) is 0 Å². The Morgan fingerprint density at radius 3 is 2.56 bits per heavy atom. The number of benzene rings is 3. The summed E-state index contributed by atoms with van der Waals surface area (Å²) in [5.74, 6) is -0.268. The number of para-hydroxylation sites is 1. The van der Waals surface area contributed by atoms with Crippen molar-refractivity contribution in [3.05, 3.63) is 83.4 Å². The molecule has 1 unspecified atom stereocenters. The number of hydrogen-bond donors (Lipinski definition) is 0. The molecule has 1 atom stereocenters. The molecule has 1 aliphatic rings. The number of rotatable bonds is 7. The van der Waals surface area contributed by atoms with Gasteiger partial charge in [-0.3, -0.25) is 14.0 Å². The summed E-state index contributed by atoms with van der Waals surface area (Å²) in [6.45, 7) is 1.03. The van der Waals surface area contributed by atoms with E-state index in [4.69, 9.17) is 16.3 Å². The van der Waals surface area contributed by atoms with E-state index in [-0.39, 0.29) is 16.9 Å². The van der Waals surface area contributed by atoms with E-state index >= 15 is 0 Å². The van der Waals surface area contributed by atoms with E-state index < -0.39 is 10.0 Å². The highest BCUT2D eigenvalue weighted by atomic mass is 35.5. The Kier molecular flexibility index (Phi) is 6.98. The zero-order valence-corrected chi connectivity index (χ0v) is 21.9. The molecule has 0 saturated carbocycles. The molecule has 1 aliphatic heterocycles. The van der Waals surface area contributed by atoms with Gasteiger partial charge in [0, 0.05) is 24.2 Å². The highest BCUT2D eigenvalue weighted by molar-refractivity contribution is 7.92. The predicted molar refractivity (Wildman–Crippen MR) is 144 cm³/mol. The summed E-state index contributed by atoms with van der Waals surface area (Å²) in [6, 6.07) is 20.3. The Labute approximate surface area is 218 Å². The Balaban J connectivity index is 1.44. The number of carbonyl (C=O) groups excluding carboxylic acids is 1. The van der Waals surface area contributed by atoms with Crippen LogP contribution in [0.1, 0.15) is 23.2 Å². The van der Waals surface area contributed by atoms with Crippen molar-refractivity contribution in [2.45, 2.75) is 23.8 Å². The third-order valence-corrected chi connectivity index (χ3v) is 9.18. The summed E-state index contributed by atoms with van der Waals surface area (Å²) >= 11 is 7.53. The molecule has 0 radical (unpaired) electrons. The van der Waals surface area contributed by atoms with Crippen LogP contribution in [0.3, 0.4) is 0 Å². The van der Waals surface area contributed by atoms with Crippen LogP contribution in [-0.2, 0) is 14.8 Å². The van der Waals surface area contributed by atoms with Crippen molar-refractivity contribution < 1.29 is 17.9 Å². The minimum absolute atomic E-state index is 0.0799. The van der Waals surface area contributed by atoms with Gasteiger partial charge in [-0.25, -0.2) is 13.4 Å². The van der Waals surface area contributed by atoms with Crippen LogP contribution in [-0.4, -0.2) is 45.6 Å². The topological polar surface area (TPSA) is 79.8 Å². The SMILES string of the molecule is CN(c1ccccc1)S(=O)(=O)c1ccc(C(=O)N(CC2CCCO2)c2nc3ccc(Cl)cc3s2)cc1. The largest absolute Gasteiger partial charge is 0.376 e. The number of carbonyl (C=O) groups is 1. The monoisotopic (exact) mass is 541 g/mol. The highest BCUT2D eigenvalue weighted by Crippen LogP contribution is 2.33. The number of hydrogen-bond acceptors (Lipinski definition) is 6. The Bertz CT molecular complexity index is 1480. The van der Waals surface area contributed by atoms with E-state index in [0.29, 0.717) is 34.6 Å². The van der Waals surface area contributed by atoms with Crippen molar-refractivity contribution in [1.82, 2.24) is 4.98 Å². The molecular formula is C26H24ClN3O4S2. The number of sulfonamides is 1. The second kappa shape index (κ2) is 10.2. The van der Waals surface area contributed by atoms with Crippen molar-refractivity contribution in [2.75, 3.05) is 29.4 Å². The number of thiazole rings is 1. The van der Waals surface area contributed by atoms with Crippen LogP contribution in [0.2, 0.25) is 5.02 Å². The van der Waals surface area contributed by atoms with Gasteiger partial charge in [-0.15, -0.1) is 0 Å². The van der Waals surface area contributed by atoms with E-state index in [0.717, 1.165) is 23.1 Å². The maximum absolute atomic E-state index is 13.6. The van der Waals surface area contributed by atoms with Gasteiger partial charge in [0.05, 0.1) is 33.4 Å². The van der Waals surface area contributed by atoms with Crippen LogP contribution in [0.25, 0.3) is 10.2 Å². The molecule has 0 N–H and O–H groups in total. The first-order valence-corrected chi connectivity index (χ1v) is 14.1. The summed E-state index contributed by atoms with van der Waals surface area (Å²) in [7, 11) is -2.27. The van der Waals surface area contributed by atoms with Crippen LogP contribution in [0.15, 0.2) is 77.7 Å². The molecular weight excluding hydrogens is 518 g/mol. The maximum atomic E-state index is 13.6. The second-order valence-corrected chi connectivity index (χ2v) is 11.9. The number of fused-ring (bicyclic) bond motifs is 1. The number of nitrogens with zero attached hydrogens (tertiary/aromatic N) is 3. The zero-order valence-electron chi connectivity index (χ0n) is 19.5. The Morgan fingerprint density at radius 1 is 1.11 bits per heavy atom. The first-order chi connectivity index (χ1) is 17.3. The van der Waals surface area contributed by atoms with E-state index in [9.17, 15) is 13.2 Å². The lowest BCUT2D eigenvalue weighted by molar-refractivity contribution is 0.0917. The van der Waals surface area contributed by atoms with Gasteiger partial charge in [-0.05, 0) is 67.4 Å². The maximum Gasteiger partial charge on any atom is 0.264 e. The van der Waals surface area contributed by atoms with Crippen molar-refractivity contribution in [1.29, 1.82) is 0 Å². The second-order valence-electron chi connectivity index (χ2n) is 8.49. The van der Waals surface area contributed by atoms with Gasteiger partial charge in [0.15, 0.2) is 5.13 Å². The molecule has 186 valence electrons. The molecule has 36 heavy (non-hydrogen) atoms. The number of amides is 1. The summed E-state index contributed by atoms with van der Waals surface area (Å²) < 4.78 is 34.1. The van der Waals surface area contributed by atoms with Crippen LogP contribution in [0, 0.1) is 0 Å². The first kappa shape index (κ1) is 24.7. The Morgan fingerprint density at radius 2 is 1.86 bits per heavy atom. The average molecular weight is 542 g/mol. The van der Waals surface area contributed by atoms with E-state index in [1.54, 1.807) is 47.4 Å². The minimum atomic E-state index is -3.78. The van der Waals surface area contributed by atoms with Gasteiger partial charge in [0.1, 0.15) is 0 Å². The molecule has 1 fully saturated rings. The van der Waals surface area contributed by atoms with Crippen LogP contribution in [0.4, 0.5) is 10.8 Å². The normalized spacial score (nSPS) is 15.8. The summed E-state index contributed by atoms with van der Waals surface area (Å²) in [4.78, 5) is 20.0. The van der Waals surface area contributed by atoms with Gasteiger partial charge < -0.3 is 4.74 Å². The standard InChI is InChI=1S/C26H24ClN3O4S2/c1-29(20-6-3-2-4-7-20)36(32,33)22-12-9-18(10-13-22)25(31)30(17-21-8-5-15-34-21)26-28-23-14-11-19(27)16-24(23)35-26/h2-4,6-7,9-14,16,21H,5,8,15,17H2,1H3. The molecule has 1 saturated heterocycles. The van der Waals surface area contributed by atoms with Gasteiger partial charge in [-0.2, -0.15) is 0 Å².